The Bertz CT molecular complexity index is 1110. The van der Waals surface area contributed by atoms with Crippen LogP contribution in [-0.4, -0.2) is 35.5 Å². The molecule has 2 N–H and O–H groups in total. The fourth-order valence-electron chi connectivity index (χ4n) is 4.17. The van der Waals surface area contributed by atoms with Crippen molar-refractivity contribution in [1.82, 2.24) is 15.3 Å². The molecule has 4 rings (SSSR count). The van der Waals surface area contributed by atoms with E-state index in [2.05, 4.69) is 47.2 Å². The largest absolute Gasteiger partial charge is 0.356 e. The number of nitrogens with zero attached hydrogens (tertiary/aromatic N) is 2. The molecule has 0 atom stereocenters. The van der Waals surface area contributed by atoms with Crippen molar-refractivity contribution in [2.24, 2.45) is 5.92 Å². The number of rotatable bonds is 7. The van der Waals surface area contributed by atoms with Crippen molar-refractivity contribution in [3.8, 4) is 11.1 Å². The number of hydrogen-bond acceptors (Lipinski definition) is 5. The second-order valence-corrected chi connectivity index (χ2v) is 9.23. The Kier molecular flexibility index (Phi) is 6.70. The number of fused-ring (bicyclic) bond motifs is 1. The molecule has 0 aliphatic carbocycles. The zero-order valence-corrected chi connectivity index (χ0v) is 19.1. The van der Waals surface area contributed by atoms with Crippen LogP contribution in [0.15, 0.2) is 34.4 Å². The summed E-state index contributed by atoms with van der Waals surface area (Å²) in [5.41, 5.74) is 3.91. The normalized spacial score (nSPS) is 14.8. The Morgan fingerprint density at radius 2 is 2.10 bits per heavy atom. The lowest BCUT2D eigenvalue weighted by Crippen LogP contribution is -2.41. The maximum atomic E-state index is 12.7. The van der Waals surface area contributed by atoms with Gasteiger partial charge in [0, 0.05) is 36.5 Å². The number of carbonyl (C=O) groups excluding carboxylic acids is 1. The van der Waals surface area contributed by atoms with Gasteiger partial charge in [-0.1, -0.05) is 49.6 Å². The number of anilines is 1. The number of aryl methyl sites for hydroxylation is 1. The van der Waals surface area contributed by atoms with Gasteiger partial charge in [-0.3, -0.25) is 14.6 Å². The number of unbranched alkanes of at least 4 members (excludes halogenated alkanes) is 2. The van der Waals surface area contributed by atoms with Gasteiger partial charge in [0.05, 0.1) is 5.52 Å². The third-order valence-corrected chi connectivity index (χ3v) is 6.96. The Balaban J connectivity index is 1.49. The lowest BCUT2D eigenvalue weighted by atomic mass is 9.96. The molecule has 1 fully saturated rings. The van der Waals surface area contributed by atoms with Crippen LogP contribution in [0.1, 0.15) is 44.6 Å². The van der Waals surface area contributed by atoms with Gasteiger partial charge in [-0.2, -0.15) is 0 Å². The van der Waals surface area contributed by atoms with Crippen LogP contribution in [0.2, 0.25) is 0 Å². The molecule has 2 aromatic heterocycles. The van der Waals surface area contributed by atoms with Crippen LogP contribution in [-0.2, 0) is 4.79 Å². The molecule has 0 unspecified atom stereocenters. The summed E-state index contributed by atoms with van der Waals surface area (Å²) in [6.07, 6.45) is 4.88. The third kappa shape index (κ3) is 4.82. The van der Waals surface area contributed by atoms with Crippen LogP contribution in [0, 0.1) is 12.8 Å². The summed E-state index contributed by atoms with van der Waals surface area (Å²) in [6.45, 7) is 6.41. The molecule has 1 aliphatic rings. The Labute approximate surface area is 186 Å². The predicted octanol–water partition coefficient (Wildman–Crippen LogP) is 4.48. The number of carbonyl (C=O) groups is 1. The molecule has 3 aromatic rings. The van der Waals surface area contributed by atoms with Crippen molar-refractivity contribution in [3.63, 3.8) is 0 Å². The smallest absolute Gasteiger partial charge is 0.270 e. The first-order valence-corrected chi connectivity index (χ1v) is 12.1. The minimum Gasteiger partial charge on any atom is -0.356 e. The quantitative estimate of drug-likeness (QED) is 0.533. The highest BCUT2D eigenvalue weighted by Crippen LogP contribution is 2.32. The lowest BCUT2D eigenvalue weighted by molar-refractivity contribution is -0.125. The third-order valence-electron chi connectivity index (χ3n) is 5.99. The van der Waals surface area contributed by atoms with Crippen molar-refractivity contribution in [3.05, 3.63) is 45.6 Å². The van der Waals surface area contributed by atoms with Crippen molar-refractivity contribution < 1.29 is 4.79 Å². The summed E-state index contributed by atoms with van der Waals surface area (Å²) in [4.78, 5) is 35.0. The summed E-state index contributed by atoms with van der Waals surface area (Å²) in [5.74, 6) is 0.802. The average molecular weight is 439 g/mol. The van der Waals surface area contributed by atoms with Crippen LogP contribution in [0.4, 0.5) is 5.95 Å². The first-order chi connectivity index (χ1) is 15.1. The molecule has 7 heteroatoms. The maximum absolute atomic E-state index is 12.7. The molecule has 0 spiro atoms. The highest BCUT2D eigenvalue weighted by atomic mass is 32.1. The van der Waals surface area contributed by atoms with E-state index in [9.17, 15) is 9.59 Å². The molecule has 1 amide bonds. The van der Waals surface area contributed by atoms with Crippen molar-refractivity contribution >= 4 is 33.4 Å². The molecule has 31 heavy (non-hydrogen) atoms. The van der Waals surface area contributed by atoms with Crippen LogP contribution < -0.4 is 15.8 Å². The van der Waals surface area contributed by atoms with E-state index in [0.29, 0.717) is 23.7 Å². The number of amides is 1. The Morgan fingerprint density at radius 3 is 2.84 bits per heavy atom. The molecular weight excluding hydrogens is 408 g/mol. The summed E-state index contributed by atoms with van der Waals surface area (Å²) in [6, 6.07) is 8.27. The fourth-order valence-corrected chi connectivity index (χ4v) is 5.08. The van der Waals surface area contributed by atoms with E-state index in [0.717, 1.165) is 55.3 Å². The van der Waals surface area contributed by atoms with E-state index < -0.39 is 0 Å². The molecule has 164 valence electrons. The molecule has 0 bridgehead atoms. The number of hydrogen-bond donors (Lipinski definition) is 2. The second-order valence-electron chi connectivity index (χ2n) is 8.35. The van der Waals surface area contributed by atoms with Crippen LogP contribution in [0.25, 0.3) is 21.3 Å². The number of H-pyrrole nitrogens is 1. The molecular formula is C24H30N4O2S. The molecule has 1 saturated heterocycles. The number of aromatic amines is 1. The fraction of sp³-hybridized carbons (Fsp3) is 0.458. The van der Waals surface area contributed by atoms with Gasteiger partial charge < -0.3 is 10.2 Å². The predicted molar refractivity (Wildman–Crippen MR) is 128 cm³/mol. The van der Waals surface area contributed by atoms with E-state index >= 15 is 0 Å². The van der Waals surface area contributed by atoms with Gasteiger partial charge in [0.25, 0.3) is 5.56 Å². The van der Waals surface area contributed by atoms with Crippen LogP contribution in [0.5, 0.6) is 0 Å². The van der Waals surface area contributed by atoms with E-state index in [-0.39, 0.29) is 17.4 Å². The minimum atomic E-state index is -0.0975. The monoisotopic (exact) mass is 438 g/mol. The first-order valence-electron chi connectivity index (χ1n) is 11.2. The zero-order chi connectivity index (χ0) is 21.8. The average Bonchev–Trinajstić information content (AvgIpc) is 3.21. The van der Waals surface area contributed by atoms with Gasteiger partial charge >= 0.3 is 0 Å². The molecule has 1 aromatic carbocycles. The highest BCUT2D eigenvalue weighted by molar-refractivity contribution is 7.17. The number of nitrogens with one attached hydrogen (secondary N) is 2. The number of piperidine rings is 1. The first kappa shape index (κ1) is 21.6. The van der Waals surface area contributed by atoms with Crippen molar-refractivity contribution in [2.75, 3.05) is 24.5 Å². The van der Waals surface area contributed by atoms with Gasteiger partial charge in [-0.15, -0.1) is 11.3 Å². The molecule has 3 heterocycles. The van der Waals surface area contributed by atoms with Crippen molar-refractivity contribution in [1.29, 1.82) is 0 Å². The van der Waals surface area contributed by atoms with E-state index in [4.69, 9.17) is 4.98 Å². The van der Waals surface area contributed by atoms with Gasteiger partial charge in [0.1, 0.15) is 4.70 Å². The van der Waals surface area contributed by atoms with E-state index in [1.807, 2.05) is 11.4 Å². The Hall–Kier alpha value is -2.67. The van der Waals surface area contributed by atoms with Gasteiger partial charge in [-0.05, 0) is 31.7 Å². The van der Waals surface area contributed by atoms with E-state index in [1.165, 1.54) is 16.9 Å². The molecule has 0 radical (unpaired) electrons. The maximum Gasteiger partial charge on any atom is 0.270 e. The van der Waals surface area contributed by atoms with Crippen LogP contribution >= 0.6 is 11.3 Å². The van der Waals surface area contributed by atoms with Gasteiger partial charge in [-0.25, -0.2) is 4.98 Å². The van der Waals surface area contributed by atoms with Gasteiger partial charge in [0.2, 0.25) is 11.9 Å². The molecule has 0 saturated carbocycles. The number of aromatic nitrogens is 2. The summed E-state index contributed by atoms with van der Waals surface area (Å²) in [7, 11) is 0. The molecule has 6 nitrogen and oxygen atoms in total. The minimum absolute atomic E-state index is 0.0392. The Morgan fingerprint density at radius 1 is 1.29 bits per heavy atom. The standard InChI is InChI=1S/C24H30N4O2S/c1-3-4-5-11-25-22(29)17-9-12-28(13-10-17)24-26-20-19(15-31-21(20)23(30)27-24)18-8-6-7-16(2)14-18/h6-8,14-15,17H,3-5,9-13H2,1-2H3,(H,25,29)(H,26,27,30). The molecule has 1 aliphatic heterocycles. The SMILES string of the molecule is CCCCCNC(=O)C1CCN(c2nc3c(-c4cccc(C)c4)csc3c(=O)[nH]2)CC1. The zero-order valence-electron chi connectivity index (χ0n) is 18.2. The van der Waals surface area contributed by atoms with Crippen molar-refractivity contribution in [2.45, 2.75) is 46.0 Å². The summed E-state index contributed by atoms with van der Waals surface area (Å²) >= 11 is 1.43. The van der Waals surface area contributed by atoms with Crippen LogP contribution in [0.3, 0.4) is 0 Å². The topological polar surface area (TPSA) is 78.1 Å². The van der Waals surface area contributed by atoms with Gasteiger partial charge in [0.15, 0.2) is 0 Å². The highest BCUT2D eigenvalue weighted by Gasteiger charge is 2.26. The van der Waals surface area contributed by atoms with E-state index in [1.54, 1.807) is 0 Å². The lowest BCUT2D eigenvalue weighted by Gasteiger charge is -2.31. The number of benzene rings is 1. The summed E-state index contributed by atoms with van der Waals surface area (Å²) < 4.78 is 0.654. The second kappa shape index (κ2) is 9.64. The number of thiophene rings is 1. The summed E-state index contributed by atoms with van der Waals surface area (Å²) in [5, 5.41) is 5.09.